The minimum absolute atomic E-state index is 0.0435. The van der Waals surface area contributed by atoms with Crippen LogP contribution in [0.2, 0.25) is 0 Å². The number of rotatable bonds is 8. The summed E-state index contributed by atoms with van der Waals surface area (Å²) in [7, 11) is 7.40. The number of ketones is 1. The molecule has 0 radical (unpaired) electrons. The average molecular weight is 374 g/mol. The molecule has 0 aromatic heterocycles. The van der Waals surface area contributed by atoms with Crippen molar-refractivity contribution >= 4 is 11.9 Å². The summed E-state index contributed by atoms with van der Waals surface area (Å²) in [5.41, 5.74) is 0.701. The van der Waals surface area contributed by atoms with Crippen LogP contribution in [-0.2, 0) is 0 Å². The molecule has 0 atom stereocenters. The molecule has 0 saturated carbocycles. The van der Waals surface area contributed by atoms with Crippen molar-refractivity contribution in [2.24, 2.45) is 0 Å². The van der Waals surface area contributed by atoms with Crippen LogP contribution in [0.4, 0.5) is 0 Å². The SMILES string of the molecule is COc1cc(O)c(C(=O)C=Cc2cc(OC)c(OC)c(OC)c2)c(OC)c1. The van der Waals surface area contributed by atoms with E-state index in [0.29, 0.717) is 28.6 Å². The lowest BCUT2D eigenvalue weighted by Gasteiger charge is -2.13. The highest BCUT2D eigenvalue weighted by atomic mass is 16.5. The van der Waals surface area contributed by atoms with Crippen LogP contribution >= 0.6 is 0 Å². The Morgan fingerprint density at radius 2 is 1.41 bits per heavy atom. The second-order valence-electron chi connectivity index (χ2n) is 5.38. The van der Waals surface area contributed by atoms with Gasteiger partial charge in [-0.2, -0.15) is 0 Å². The summed E-state index contributed by atoms with van der Waals surface area (Å²) in [5, 5.41) is 10.2. The van der Waals surface area contributed by atoms with Gasteiger partial charge in [-0.25, -0.2) is 0 Å². The molecule has 0 unspecified atom stereocenters. The third-order valence-corrected chi connectivity index (χ3v) is 3.87. The Labute approximate surface area is 157 Å². The van der Waals surface area contributed by atoms with Crippen molar-refractivity contribution in [3.63, 3.8) is 0 Å². The Morgan fingerprint density at radius 1 is 0.815 bits per heavy atom. The molecular formula is C20H22O7. The van der Waals surface area contributed by atoms with Crippen molar-refractivity contribution in [2.45, 2.75) is 0 Å². The first-order valence-electron chi connectivity index (χ1n) is 7.96. The predicted octanol–water partition coefficient (Wildman–Crippen LogP) is 3.33. The molecule has 0 aliphatic rings. The van der Waals surface area contributed by atoms with Crippen molar-refractivity contribution in [2.75, 3.05) is 35.5 Å². The summed E-state index contributed by atoms with van der Waals surface area (Å²) in [6, 6.07) is 6.29. The van der Waals surface area contributed by atoms with Crippen LogP contribution in [0.1, 0.15) is 15.9 Å². The van der Waals surface area contributed by atoms with Gasteiger partial charge in [0, 0.05) is 12.1 Å². The van der Waals surface area contributed by atoms with Gasteiger partial charge in [0.25, 0.3) is 0 Å². The third-order valence-electron chi connectivity index (χ3n) is 3.87. The van der Waals surface area contributed by atoms with Gasteiger partial charge in [0.2, 0.25) is 5.75 Å². The number of benzene rings is 2. The average Bonchev–Trinajstić information content (AvgIpc) is 2.70. The van der Waals surface area contributed by atoms with E-state index in [1.54, 1.807) is 18.2 Å². The summed E-state index contributed by atoms with van der Waals surface area (Å²) in [4.78, 5) is 12.6. The van der Waals surface area contributed by atoms with Crippen LogP contribution in [0.3, 0.4) is 0 Å². The number of methoxy groups -OCH3 is 5. The molecule has 2 aromatic rings. The van der Waals surface area contributed by atoms with Gasteiger partial charge in [0.1, 0.15) is 22.8 Å². The first kappa shape index (κ1) is 20.0. The largest absolute Gasteiger partial charge is 0.507 e. The van der Waals surface area contributed by atoms with Gasteiger partial charge in [0.05, 0.1) is 35.5 Å². The van der Waals surface area contributed by atoms with E-state index in [1.807, 2.05) is 0 Å². The zero-order chi connectivity index (χ0) is 20.0. The number of phenols is 1. The lowest BCUT2D eigenvalue weighted by Crippen LogP contribution is -2.01. The van der Waals surface area contributed by atoms with Crippen molar-refractivity contribution in [1.82, 2.24) is 0 Å². The lowest BCUT2D eigenvalue weighted by atomic mass is 10.1. The molecule has 0 aliphatic carbocycles. The van der Waals surface area contributed by atoms with Gasteiger partial charge in [-0.15, -0.1) is 0 Å². The van der Waals surface area contributed by atoms with Gasteiger partial charge < -0.3 is 28.8 Å². The van der Waals surface area contributed by atoms with E-state index in [2.05, 4.69) is 0 Å². The van der Waals surface area contributed by atoms with Gasteiger partial charge in [-0.3, -0.25) is 4.79 Å². The van der Waals surface area contributed by atoms with Crippen LogP contribution in [0.5, 0.6) is 34.5 Å². The molecule has 144 valence electrons. The van der Waals surface area contributed by atoms with Crippen LogP contribution in [0.25, 0.3) is 6.08 Å². The number of hydrogen-bond donors (Lipinski definition) is 1. The van der Waals surface area contributed by atoms with Gasteiger partial charge in [-0.1, -0.05) is 6.08 Å². The number of ether oxygens (including phenoxy) is 5. The number of aromatic hydroxyl groups is 1. The number of carbonyl (C=O) groups is 1. The highest BCUT2D eigenvalue weighted by Gasteiger charge is 2.18. The molecular weight excluding hydrogens is 352 g/mol. The Morgan fingerprint density at radius 3 is 1.89 bits per heavy atom. The molecule has 0 spiro atoms. The second-order valence-corrected chi connectivity index (χ2v) is 5.38. The second kappa shape index (κ2) is 8.84. The minimum atomic E-state index is -0.430. The highest BCUT2D eigenvalue weighted by Crippen LogP contribution is 2.39. The maximum absolute atomic E-state index is 12.6. The minimum Gasteiger partial charge on any atom is -0.507 e. The maximum Gasteiger partial charge on any atom is 0.203 e. The predicted molar refractivity (Wildman–Crippen MR) is 101 cm³/mol. The zero-order valence-electron chi connectivity index (χ0n) is 15.9. The Bertz CT molecular complexity index is 831. The molecule has 7 heteroatoms. The fraction of sp³-hybridized carbons (Fsp3) is 0.250. The number of carbonyl (C=O) groups excluding carboxylic acids is 1. The van der Waals surface area contributed by atoms with Crippen LogP contribution < -0.4 is 23.7 Å². The molecule has 0 amide bonds. The summed E-state index contributed by atoms with van der Waals surface area (Å²) in [5.74, 6) is 1.33. The van der Waals surface area contributed by atoms with E-state index in [4.69, 9.17) is 23.7 Å². The van der Waals surface area contributed by atoms with E-state index in [1.165, 1.54) is 53.8 Å². The Kier molecular flexibility index (Phi) is 6.54. The summed E-state index contributed by atoms with van der Waals surface area (Å²) in [6.07, 6.45) is 2.90. The maximum atomic E-state index is 12.6. The van der Waals surface area contributed by atoms with E-state index in [9.17, 15) is 9.90 Å². The summed E-state index contributed by atoms with van der Waals surface area (Å²) in [6.45, 7) is 0. The van der Waals surface area contributed by atoms with Crippen molar-refractivity contribution in [3.05, 3.63) is 41.5 Å². The fourth-order valence-corrected chi connectivity index (χ4v) is 2.56. The van der Waals surface area contributed by atoms with Gasteiger partial charge in [0.15, 0.2) is 17.3 Å². The van der Waals surface area contributed by atoms with Gasteiger partial charge >= 0.3 is 0 Å². The first-order chi connectivity index (χ1) is 13.0. The molecule has 27 heavy (non-hydrogen) atoms. The van der Waals surface area contributed by atoms with Gasteiger partial charge in [-0.05, 0) is 23.8 Å². The van der Waals surface area contributed by atoms with Crippen molar-refractivity contribution < 1.29 is 33.6 Å². The third kappa shape index (κ3) is 4.25. The summed E-state index contributed by atoms with van der Waals surface area (Å²) < 4.78 is 26.1. The van der Waals surface area contributed by atoms with E-state index >= 15 is 0 Å². The number of allylic oxidation sites excluding steroid dienone is 1. The molecule has 0 bridgehead atoms. The fourth-order valence-electron chi connectivity index (χ4n) is 2.56. The van der Waals surface area contributed by atoms with Crippen molar-refractivity contribution in [1.29, 1.82) is 0 Å². The molecule has 0 aliphatic heterocycles. The van der Waals surface area contributed by atoms with E-state index in [-0.39, 0.29) is 17.1 Å². The van der Waals surface area contributed by atoms with E-state index < -0.39 is 5.78 Å². The summed E-state index contributed by atoms with van der Waals surface area (Å²) >= 11 is 0. The van der Waals surface area contributed by atoms with Crippen LogP contribution in [0, 0.1) is 0 Å². The molecule has 2 rings (SSSR count). The Hall–Kier alpha value is -3.35. The Balaban J connectivity index is 2.40. The molecule has 7 nitrogen and oxygen atoms in total. The first-order valence-corrected chi connectivity index (χ1v) is 7.96. The van der Waals surface area contributed by atoms with Crippen LogP contribution in [0.15, 0.2) is 30.3 Å². The van der Waals surface area contributed by atoms with E-state index in [0.717, 1.165) is 0 Å². The number of hydrogen-bond acceptors (Lipinski definition) is 7. The zero-order valence-corrected chi connectivity index (χ0v) is 15.9. The quantitative estimate of drug-likeness (QED) is 0.560. The molecule has 2 aromatic carbocycles. The van der Waals surface area contributed by atoms with Crippen LogP contribution in [-0.4, -0.2) is 46.4 Å². The standard InChI is InChI=1S/C20H22O7/c1-23-13-10-15(22)19(16(11-13)24-2)14(21)7-6-12-8-17(25-3)20(27-5)18(9-12)26-4/h6-11,22H,1-5H3. The lowest BCUT2D eigenvalue weighted by molar-refractivity contribution is 0.104. The van der Waals surface area contributed by atoms with Crippen molar-refractivity contribution in [3.8, 4) is 34.5 Å². The normalized spacial score (nSPS) is 10.6. The highest BCUT2D eigenvalue weighted by molar-refractivity contribution is 6.10. The molecule has 0 saturated heterocycles. The molecule has 0 heterocycles. The molecule has 0 fully saturated rings. The smallest absolute Gasteiger partial charge is 0.203 e. The molecule has 1 N–H and O–H groups in total. The topological polar surface area (TPSA) is 83.5 Å². The monoisotopic (exact) mass is 374 g/mol. The number of phenolic OH excluding ortho intramolecular Hbond substituents is 1.